The van der Waals surface area contributed by atoms with Gasteiger partial charge in [0.2, 0.25) is 5.91 Å². The van der Waals surface area contributed by atoms with Crippen LogP contribution in [-0.4, -0.2) is 67.0 Å². The Balaban J connectivity index is 1.43. The van der Waals surface area contributed by atoms with Crippen molar-refractivity contribution >= 4 is 22.7 Å². The molecule has 0 saturated carbocycles. The van der Waals surface area contributed by atoms with Crippen LogP contribution in [0.3, 0.4) is 0 Å². The number of pyridine rings is 1. The molecule has 1 aliphatic rings. The van der Waals surface area contributed by atoms with Gasteiger partial charge in [-0.2, -0.15) is 0 Å². The van der Waals surface area contributed by atoms with Gasteiger partial charge in [-0.05, 0) is 43.2 Å². The topological polar surface area (TPSA) is 72.0 Å². The second-order valence-electron chi connectivity index (χ2n) is 8.23. The van der Waals surface area contributed by atoms with Crippen molar-refractivity contribution in [2.24, 2.45) is 0 Å². The molecule has 0 radical (unpaired) electrons. The molecule has 7 heteroatoms. The van der Waals surface area contributed by atoms with Gasteiger partial charge in [-0.3, -0.25) is 14.6 Å². The number of rotatable bonds is 5. The number of methoxy groups -OCH3 is 2. The van der Waals surface area contributed by atoms with Crippen molar-refractivity contribution in [3.05, 3.63) is 64.8 Å². The number of ether oxygens (including phenoxy) is 2. The largest absolute Gasteiger partial charge is 0.497 e. The van der Waals surface area contributed by atoms with Crippen LogP contribution in [0.15, 0.2) is 42.5 Å². The Morgan fingerprint density at radius 2 is 1.64 bits per heavy atom. The predicted octanol–water partition coefficient (Wildman–Crippen LogP) is 3.40. The first-order valence-corrected chi connectivity index (χ1v) is 11.1. The lowest BCUT2D eigenvalue weighted by molar-refractivity contribution is -0.131. The van der Waals surface area contributed by atoms with E-state index in [0.29, 0.717) is 49.7 Å². The molecule has 1 saturated heterocycles. The van der Waals surface area contributed by atoms with Crippen molar-refractivity contribution in [2.45, 2.75) is 20.3 Å². The van der Waals surface area contributed by atoms with Crippen LogP contribution in [0, 0.1) is 13.8 Å². The summed E-state index contributed by atoms with van der Waals surface area (Å²) in [5.41, 5.74) is 4.42. The third-order valence-electron chi connectivity index (χ3n) is 6.37. The fraction of sp³-hybridized carbons (Fsp3) is 0.346. The molecule has 7 nitrogen and oxygen atoms in total. The maximum Gasteiger partial charge on any atom is 0.257 e. The smallest absolute Gasteiger partial charge is 0.257 e. The number of aryl methyl sites for hydroxylation is 2. The summed E-state index contributed by atoms with van der Waals surface area (Å²) in [5.74, 6) is 1.07. The normalized spacial score (nSPS) is 13.8. The first-order valence-electron chi connectivity index (χ1n) is 11.1. The molecule has 0 spiro atoms. The second kappa shape index (κ2) is 9.48. The van der Waals surface area contributed by atoms with Crippen molar-refractivity contribution in [3.8, 4) is 11.5 Å². The summed E-state index contributed by atoms with van der Waals surface area (Å²) in [6.07, 6.45) is 0.315. The van der Waals surface area contributed by atoms with Gasteiger partial charge in [0.1, 0.15) is 11.5 Å². The molecule has 172 valence electrons. The van der Waals surface area contributed by atoms with E-state index in [1.807, 2.05) is 36.1 Å². The van der Waals surface area contributed by atoms with Crippen LogP contribution in [0.25, 0.3) is 10.9 Å². The van der Waals surface area contributed by atoms with Crippen LogP contribution in [0.4, 0.5) is 0 Å². The lowest BCUT2D eigenvalue weighted by atomic mass is 9.99. The maximum atomic E-state index is 13.1. The third-order valence-corrected chi connectivity index (χ3v) is 6.37. The lowest BCUT2D eigenvalue weighted by Crippen LogP contribution is -2.51. The van der Waals surface area contributed by atoms with Gasteiger partial charge in [0.15, 0.2) is 0 Å². The Hall–Kier alpha value is -3.61. The van der Waals surface area contributed by atoms with Crippen LogP contribution < -0.4 is 9.47 Å². The number of carbonyl (C=O) groups excluding carboxylic acids is 2. The highest BCUT2D eigenvalue weighted by molar-refractivity contribution is 5.97. The minimum Gasteiger partial charge on any atom is -0.497 e. The Bertz CT molecular complexity index is 1200. The zero-order valence-electron chi connectivity index (χ0n) is 19.6. The van der Waals surface area contributed by atoms with Gasteiger partial charge in [0.05, 0.1) is 31.7 Å². The zero-order valence-corrected chi connectivity index (χ0v) is 19.6. The summed E-state index contributed by atoms with van der Waals surface area (Å²) in [6.45, 7) is 5.98. The number of aromatic nitrogens is 1. The number of carbonyl (C=O) groups is 2. The molecule has 0 bridgehead atoms. The molecule has 0 unspecified atom stereocenters. The molecule has 0 N–H and O–H groups in total. The molecule has 2 heterocycles. The average molecular weight is 448 g/mol. The van der Waals surface area contributed by atoms with E-state index in [1.165, 1.54) is 7.11 Å². The van der Waals surface area contributed by atoms with Gasteiger partial charge in [-0.25, -0.2) is 0 Å². The predicted molar refractivity (Wildman–Crippen MR) is 127 cm³/mol. The van der Waals surface area contributed by atoms with Crippen LogP contribution >= 0.6 is 0 Å². The van der Waals surface area contributed by atoms with E-state index < -0.39 is 0 Å². The van der Waals surface area contributed by atoms with E-state index in [2.05, 4.69) is 11.9 Å². The molecule has 33 heavy (non-hydrogen) atoms. The van der Waals surface area contributed by atoms with E-state index in [4.69, 9.17) is 9.47 Å². The van der Waals surface area contributed by atoms with Gasteiger partial charge in [-0.15, -0.1) is 0 Å². The molecule has 4 rings (SSSR count). The van der Waals surface area contributed by atoms with Crippen LogP contribution in [0.1, 0.15) is 27.2 Å². The average Bonchev–Trinajstić information content (AvgIpc) is 2.85. The van der Waals surface area contributed by atoms with E-state index in [-0.39, 0.29) is 11.8 Å². The molecular formula is C26H29N3O4. The number of para-hydroxylation sites is 1. The van der Waals surface area contributed by atoms with E-state index >= 15 is 0 Å². The van der Waals surface area contributed by atoms with E-state index in [1.54, 1.807) is 30.2 Å². The molecule has 1 aromatic heterocycles. The van der Waals surface area contributed by atoms with Gasteiger partial charge >= 0.3 is 0 Å². The second-order valence-corrected chi connectivity index (χ2v) is 8.23. The molecular weight excluding hydrogens is 418 g/mol. The minimum absolute atomic E-state index is 0.0624. The summed E-state index contributed by atoms with van der Waals surface area (Å²) in [4.78, 5) is 34.4. The van der Waals surface area contributed by atoms with Crippen molar-refractivity contribution in [1.29, 1.82) is 0 Å². The summed E-state index contributed by atoms with van der Waals surface area (Å²) < 4.78 is 10.6. The number of amides is 2. The highest BCUT2D eigenvalue weighted by Gasteiger charge is 2.27. The van der Waals surface area contributed by atoms with Gasteiger partial charge in [-0.1, -0.05) is 18.2 Å². The molecule has 0 atom stereocenters. The number of benzene rings is 2. The van der Waals surface area contributed by atoms with Crippen molar-refractivity contribution < 1.29 is 19.1 Å². The highest BCUT2D eigenvalue weighted by atomic mass is 16.5. The standard InChI is InChI=1S/C26H29N3O4/c1-17-20-7-5-6-8-23(20)27-18(2)22(17)16-25(30)28-11-13-29(14-12-28)26(31)21-10-9-19(32-3)15-24(21)33-4/h5-10,15H,11-14,16H2,1-4H3. The third kappa shape index (κ3) is 4.49. The lowest BCUT2D eigenvalue weighted by Gasteiger charge is -2.35. The molecule has 1 fully saturated rings. The Kier molecular flexibility index (Phi) is 6.49. The quantitative estimate of drug-likeness (QED) is 0.600. The highest BCUT2D eigenvalue weighted by Crippen LogP contribution is 2.27. The van der Waals surface area contributed by atoms with Crippen molar-refractivity contribution in [1.82, 2.24) is 14.8 Å². The van der Waals surface area contributed by atoms with Crippen LogP contribution in [0.2, 0.25) is 0 Å². The molecule has 2 amide bonds. The van der Waals surface area contributed by atoms with Gasteiger partial charge in [0, 0.05) is 43.3 Å². The Morgan fingerprint density at radius 1 is 0.939 bits per heavy atom. The molecule has 3 aromatic rings. The number of hydrogen-bond donors (Lipinski definition) is 0. The van der Waals surface area contributed by atoms with Crippen LogP contribution in [-0.2, 0) is 11.2 Å². The molecule has 1 aliphatic heterocycles. The maximum absolute atomic E-state index is 13.1. The fourth-order valence-corrected chi connectivity index (χ4v) is 4.40. The Morgan fingerprint density at radius 3 is 2.33 bits per heavy atom. The molecule has 2 aromatic carbocycles. The van der Waals surface area contributed by atoms with Gasteiger partial charge in [0.25, 0.3) is 5.91 Å². The first kappa shape index (κ1) is 22.6. The zero-order chi connectivity index (χ0) is 23.5. The SMILES string of the molecule is COc1ccc(C(=O)N2CCN(C(=O)Cc3c(C)nc4ccccc4c3C)CC2)c(OC)c1. The van der Waals surface area contributed by atoms with E-state index in [0.717, 1.165) is 27.7 Å². The van der Waals surface area contributed by atoms with E-state index in [9.17, 15) is 9.59 Å². The van der Waals surface area contributed by atoms with Crippen molar-refractivity contribution in [2.75, 3.05) is 40.4 Å². The minimum atomic E-state index is -0.105. The first-order chi connectivity index (χ1) is 15.9. The monoisotopic (exact) mass is 447 g/mol. The summed E-state index contributed by atoms with van der Waals surface area (Å²) >= 11 is 0. The fourth-order valence-electron chi connectivity index (χ4n) is 4.40. The Labute approximate surface area is 193 Å². The summed E-state index contributed by atoms with van der Waals surface area (Å²) in [6, 6.07) is 13.2. The number of nitrogens with zero attached hydrogens (tertiary/aromatic N) is 3. The van der Waals surface area contributed by atoms with Gasteiger partial charge < -0.3 is 19.3 Å². The molecule has 0 aliphatic carbocycles. The number of piperazine rings is 1. The summed E-state index contributed by atoms with van der Waals surface area (Å²) in [7, 11) is 3.11. The van der Waals surface area contributed by atoms with Crippen LogP contribution in [0.5, 0.6) is 11.5 Å². The number of fused-ring (bicyclic) bond motifs is 1. The summed E-state index contributed by atoms with van der Waals surface area (Å²) in [5, 5.41) is 1.08. The van der Waals surface area contributed by atoms with Crippen molar-refractivity contribution in [3.63, 3.8) is 0 Å². The number of hydrogen-bond acceptors (Lipinski definition) is 5.